The van der Waals surface area contributed by atoms with Crippen molar-refractivity contribution in [3.05, 3.63) is 29.1 Å². The Bertz CT molecular complexity index is 413. The first-order valence-electron chi connectivity index (χ1n) is 6.27. The molecule has 2 heterocycles. The van der Waals surface area contributed by atoms with Crippen LogP contribution in [0.1, 0.15) is 56.4 Å². The summed E-state index contributed by atoms with van der Waals surface area (Å²) in [5.41, 5.74) is 4.53. The third-order valence-electron chi connectivity index (χ3n) is 3.77. The van der Waals surface area contributed by atoms with Crippen molar-refractivity contribution in [2.24, 2.45) is 0 Å². The molecule has 2 aliphatic rings. The first-order valence-corrected chi connectivity index (χ1v) is 6.27. The molecule has 0 unspecified atom stereocenters. The SMILES string of the molecule is CC(C)(C)N1Cc2cnc(C3CC3)cc2C1. The van der Waals surface area contributed by atoms with Gasteiger partial charge in [-0.15, -0.1) is 0 Å². The van der Waals surface area contributed by atoms with Crippen LogP contribution in [0.4, 0.5) is 0 Å². The van der Waals surface area contributed by atoms with Gasteiger partial charge in [-0.3, -0.25) is 9.88 Å². The molecule has 0 saturated heterocycles. The topological polar surface area (TPSA) is 16.1 Å². The second-order valence-electron chi connectivity index (χ2n) is 6.18. The molecular formula is C14H20N2. The highest BCUT2D eigenvalue weighted by molar-refractivity contribution is 5.32. The van der Waals surface area contributed by atoms with Crippen LogP contribution >= 0.6 is 0 Å². The Morgan fingerprint density at radius 3 is 2.50 bits per heavy atom. The Kier molecular flexibility index (Phi) is 2.12. The molecule has 86 valence electrons. The lowest BCUT2D eigenvalue weighted by molar-refractivity contribution is 0.136. The maximum absolute atomic E-state index is 4.60. The number of hydrogen-bond donors (Lipinski definition) is 0. The predicted molar refractivity (Wildman–Crippen MR) is 65.2 cm³/mol. The molecule has 1 aliphatic heterocycles. The van der Waals surface area contributed by atoms with Crippen LogP contribution < -0.4 is 0 Å². The van der Waals surface area contributed by atoms with E-state index in [1.54, 1.807) is 0 Å². The van der Waals surface area contributed by atoms with Crippen molar-refractivity contribution in [2.75, 3.05) is 0 Å². The van der Waals surface area contributed by atoms with Crippen LogP contribution in [0.5, 0.6) is 0 Å². The Morgan fingerprint density at radius 2 is 1.88 bits per heavy atom. The van der Waals surface area contributed by atoms with E-state index in [-0.39, 0.29) is 5.54 Å². The van der Waals surface area contributed by atoms with E-state index < -0.39 is 0 Å². The van der Waals surface area contributed by atoms with Crippen molar-refractivity contribution in [3.63, 3.8) is 0 Å². The number of rotatable bonds is 1. The summed E-state index contributed by atoms with van der Waals surface area (Å²) in [6, 6.07) is 2.35. The molecular weight excluding hydrogens is 196 g/mol. The number of fused-ring (bicyclic) bond motifs is 1. The highest BCUT2D eigenvalue weighted by Crippen LogP contribution is 2.40. The van der Waals surface area contributed by atoms with Crippen molar-refractivity contribution in [1.29, 1.82) is 0 Å². The predicted octanol–water partition coefficient (Wildman–Crippen LogP) is 3.07. The molecule has 1 aromatic heterocycles. The van der Waals surface area contributed by atoms with Gasteiger partial charge in [-0.1, -0.05) is 0 Å². The first kappa shape index (κ1) is 10.3. The quantitative estimate of drug-likeness (QED) is 0.717. The lowest BCUT2D eigenvalue weighted by atomic mass is 10.1. The molecule has 0 aromatic carbocycles. The van der Waals surface area contributed by atoms with Crippen LogP contribution in [0.2, 0.25) is 0 Å². The third kappa shape index (κ3) is 1.75. The van der Waals surface area contributed by atoms with Crippen LogP contribution in [0, 0.1) is 0 Å². The lowest BCUT2D eigenvalue weighted by Gasteiger charge is -2.31. The number of aromatic nitrogens is 1. The van der Waals surface area contributed by atoms with Crippen LogP contribution in [0.25, 0.3) is 0 Å². The van der Waals surface area contributed by atoms with Crippen LogP contribution in [-0.4, -0.2) is 15.4 Å². The summed E-state index contributed by atoms with van der Waals surface area (Å²) in [4.78, 5) is 7.13. The molecule has 0 spiro atoms. The first-order chi connectivity index (χ1) is 7.54. The van der Waals surface area contributed by atoms with Crippen molar-refractivity contribution in [1.82, 2.24) is 9.88 Å². The van der Waals surface area contributed by atoms with Gasteiger partial charge < -0.3 is 0 Å². The molecule has 1 fully saturated rings. The third-order valence-corrected chi connectivity index (χ3v) is 3.77. The minimum atomic E-state index is 0.263. The Hall–Kier alpha value is -0.890. The van der Waals surface area contributed by atoms with Crippen molar-refractivity contribution in [3.8, 4) is 0 Å². The van der Waals surface area contributed by atoms with E-state index in [9.17, 15) is 0 Å². The zero-order valence-corrected chi connectivity index (χ0v) is 10.5. The molecule has 2 heteroatoms. The minimum absolute atomic E-state index is 0.263. The average molecular weight is 216 g/mol. The van der Waals surface area contributed by atoms with E-state index in [2.05, 4.69) is 42.9 Å². The summed E-state index contributed by atoms with van der Waals surface area (Å²) >= 11 is 0. The van der Waals surface area contributed by atoms with Gasteiger partial charge in [0.1, 0.15) is 0 Å². The summed E-state index contributed by atoms with van der Waals surface area (Å²) in [7, 11) is 0. The maximum Gasteiger partial charge on any atom is 0.0437 e. The molecule has 1 aromatic rings. The zero-order valence-electron chi connectivity index (χ0n) is 10.5. The summed E-state index contributed by atoms with van der Waals surface area (Å²) in [5.74, 6) is 0.772. The van der Waals surface area contributed by atoms with Crippen molar-refractivity contribution < 1.29 is 0 Å². The second kappa shape index (κ2) is 3.30. The molecule has 0 N–H and O–H groups in total. The van der Waals surface area contributed by atoms with E-state index in [1.807, 2.05) is 0 Å². The second-order valence-corrected chi connectivity index (χ2v) is 6.18. The minimum Gasteiger partial charge on any atom is -0.290 e. The Labute approximate surface area is 97.7 Å². The summed E-state index contributed by atoms with van der Waals surface area (Å²) in [5, 5.41) is 0. The van der Waals surface area contributed by atoms with Gasteiger partial charge in [0.05, 0.1) is 0 Å². The molecule has 1 saturated carbocycles. The monoisotopic (exact) mass is 216 g/mol. The molecule has 0 radical (unpaired) electrons. The fourth-order valence-corrected chi connectivity index (χ4v) is 2.38. The van der Waals surface area contributed by atoms with Gasteiger partial charge in [0.15, 0.2) is 0 Å². The van der Waals surface area contributed by atoms with Gasteiger partial charge in [0.2, 0.25) is 0 Å². The highest BCUT2D eigenvalue weighted by atomic mass is 15.2. The largest absolute Gasteiger partial charge is 0.290 e. The summed E-state index contributed by atoms with van der Waals surface area (Å²) < 4.78 is 0. The normalized spacial score (nSPS) is 21.2. The summed E-state index contributed by atoms with van der Waals surface area (Å²) in [6.45, 7) is 9.02. The zero-order chi connectivity index (χ0) is 11.3. The number of nitrogens with zero attached hydrogens (tertiary/aromatic N) is 2. The van der Waals surface area contributed by atoms with E-state index in [0.717, 1.165) is 19.0 Å². The van der Waals surface area contributed by atoms with Gasteiger partial charge in [0.25, 0.3) is 0 Å². The molecule has 3 rings (SSSR count). The number of pyridine rings is 1. The molecule has 0 amide bonds. The fraction of sp³-hybridized carbons (Fsp3) is 0.643. The van der Waals surface area contributed by atoms with E-state index in [0.29, 0.717) is 0 Å². The Balaban J connectivity index is 1.86. The molecule has 16 heavy (non-hydrogen) atoms. The molecule has 2 nitrogen and oxygen atoms in total. The fourth-order valence-electron chi connectivity index (χ4n) is 2.38. The molecule has 0 atom stereocenters. The van der Waals surface area contributed by atoms with Crippen LogP contribution in [-0.2, 0) is 13.1 Å². The Morgan fingerprint density at radius 1 is 1.19 bits per heavy atom. The van der Waals surface area contributed by atoms with Gasteiger partial charge >= 0.3 is 0 Å². The standard InChI is InChI=1S/C14H20N2/c1-14(2,3)16-8-11-6-13(10-4-5-10)15-7-12(11)9-16/h6-7,10H,4-5,8-9H2,1-3H3. The van der Waals surface area contributed by atoms with Crippen molar-refractivity contribution >= 4 is 0 Å². The van der Waals surface area contributed by atoms with Gasteiger partial charge in [-0.2, -0.15) is 0 Å². The average Bonchev–Trinajstić information content (AvgIpc) is 2.95. The van der Waals surface area contributed by atoms with Crippen molar-refractivity contribution in [2.45, 2.75) is 58.2 Å². The smallest absolute Gasteiger partial charge is 0.0437 e. The van der Waals surface area contributed by atoms with Crippen LogP contribution in [0.3, 0.4) is 0 Å². The maximum atomic E-state index is 4.60. The molecule has 0 bridgehead atoms. The van der Waals surface area contributed by atoms with Gasteiger partial charge in [-0.25, -0.2) is 0 Å². The van der Waals surface area contributed by atoms with E-state index >= 15 is 0 Å². The number of hydrogen-bond acceptors (Lipinski definition) is 2. The lowest BCUT2D eigenvalue weighted by Crippen LogP contribution is -2.36. The summed E-state index contributed by atoms with van der Waals surface area (Å²) in [6.07, 6.45) is 4.79. The highest BCUT2D eigenvalue weighted by Gasteiger charge is 2.30. The van der Waals surface area contributed by atoms with Gasteiger partial charge in [0, 0.05) is 36.4 Å². The van der Waals surface area contributed by atoms with Crippen LogP contribution in [0.15, 0.2) is 12.3 Å². The van der Waals surface area contributed by atoms with E-state index in [1.165, 1.54) is 29.7 Å². The molecule has 1 aliphatic carbocycles. The van der Waals surface area contributed by atoms with E-state index in [4.69, 9.17) is 0 Å². The van der Waals surface area contributed by atoms with Gasteiger partial charge in [-0.05, 0) is 50.8 Å².